The minimum absolute atomic E-state index is 0. The van der Waals surface area contributed by atoms with Crippen LogP contribution in [0.2, 0.25) is 0 Å². The molecule has 2 aliphatic rings. The van der Waals surface area contributed by atoms with E-state index in [1.54, 1.807) is 0 Å². The van der Waals surface area contributed by atoms with Gasteiger partial charge < -0.3 is 18.8 Å². The normalized spacial score (nSPS) is 16.9. The van der Waals surface area contributed by atoms with Crippen molar-refractivity contribution >= 4 is 20.9 Å². The molecule has 0 aliphatic carbocycles. The van der Waals surface area contributed by atoms with Gasteiger partial charge in [0.2, 0.25) is 0 Å². The summed E-state index contributed by atoms with van der Waals surface area (Å²) in [4.78, 5) is 0. The van der Waals surface area contributed by atoms with Gasteiger partial charge in [0.05, 0.1) is 42.6 Å². The minimum Gasteiger partial charge on any atom is -0.748 e. The Balaban J connectivity index is 0.000000349. The molecule has 2 fully saturated rings. The Bertz CT molecular complexity index is 756. The summed E-state index contributed by atoms with van der Waals surface area (Å²) in [7, 11) is -4.14. The second kappa shape index (κ2) is 12.4. The van der Waals surface area contributed by atoms with Crippen molar-refractivity contribution in [2.24, 2.45) is 0 Å². The molecule has 1 atom stereocenters. The van der Waals surface area contributed by atoms with Gasteiger partial charge in [0.1, 0.15) is 5.75 Å². The molecule has 26 heavy (non-hydrogen) atoms. The van der Waals surface area contributed by atoms with Gasteiger partial charge in [0.25, 0.3) is 0 Å². The van der Waals surface area contributed by atoms with Crippen LogP contribution in [0.1, 0.15) is 13.3 Å². The van der Waals surface area contributed by atoms with Crippen LogP contribution in [0, 0.1) is 0 Å². The maximum Gasteiger partial charge on any atom is 1.00 e. The summed E-state index contributed by atoms with van der Waals surface area (Å²) in [6, 6.07) is 13.5. The Hall–Kier alpha value is -0.0336. The van der Waals surface area contributed by atoms with Crippen LogP contribution in [-0.4, -0.2) is 51.3 Å². The topological polar surface area (TPSA) is 91.5 Å². The summed E-state index contributed by atoms with van der Waals surface area (Å²) in [6.07, 6.45) is 0.790. The Kier molecular flexibility index (Phi) is 11.5. The first-order valence-electron chi connectivity index (χ1n) is 8.18. The van der Waals surface area contributed by atoms with Crippen molar-refractivity contribution in [3.8, 4) is 5.75 Å². The van der Waals surface area contributed by atoms with E-state index in [0.717, 1.165) is 30.6 Å². The van der Waals surface area contributed by atoms with Crippen molar-refractivity contribution in [1.29, 1.82) is 0 Å². The molecule has 0 N–H and O–H groups in total. The molecule has 2 aromatic carbocycles. The summed E-state index contributed by atoms with van der Waals surface area (Å²) < 4.78 is 45.8. The SMILES string of the molecule is C1CO1.CC1CO1.O=S(=O)([O-])CCCOc1ccc2ccccc2c1.[K+]. The van der Waals surface area contributed by atoms with Gasteiger partial charge in [0, 0.05) is 5.75 Å². The molecule has 0 bridgehead atoms. The molecule has 6 nitrogen and oxygen atoms in total. The van der Waals surface area contributed by atoms with E-state index in [4.69, 9.17) is 9.47 Å². The average molecular weight is 407 g/mol. The summed E-state index contributed by atoms with van der Waals surface area (Å²) >= 11 is 0. The van der Waals surface area contributed by atoms with Crippen LogP contribution in [0.4, 0.5) is 0 Å². The van der Waals surface area contributed by atoms with Crippen molar-refractivity contribution in [2.75, 3.05) is 32.2 Å². The molecule has 0 amide bonds. The molecular weight excluding hydrogens is 383 g/mol. The largest absolute Gasteiger partial charge is 1.00 e. The molecule has 0 spiro atoms. The Labute approximate surface area is 197 Å². The van der Waals surface area contributed by atoms with Crippen molar-refractivity contribution in [3.63, 3.8) is 0 Å². The van der Waals surface area contributed by atoms with Crippen LogP contribution in [0.3, 0.4) is 0 Å². The summed E-state index contributed by atoms with van der Waals surface area (Å²) in [5.74, 6) is 0.289. The van der Waals surface area contributed by atoms with Crippen LogP contribution in [-0.2, 0) is 19.6 Å². The number of hydrogen-bond acceptors (Lipinski definition) is 6. The van der Waals surface area contributed by atoms with Crippen LogP contribution in [0.15, 0.2) is 42.5 Å². The molecule has 138 valence electrons. The number of rotatable bonds is 5. The van der Waals surface area contributed by atoms with Gasteiger partial charge in [-0.25, -0.2) is 8.42 Å². The van der Waals surface area contributed by atoms with Gasteiger partial charge >= 0.3 is 51.4 Å². The van der Waals surface area contributed by atoms with Gasteiger partial charge in [-0.15, -0.1) is 0 Å². The molecule has 0 saturated carbocycles. The van der Waals surface area contributed by atoms with E-state index in [1.807, 2.05) is 42.5 Å². The molecule has 8 heteroatoms. The van der Waals surface area contributed by atoms with Gasteiger partial charge in [-0.05, 0) is 36.2 Å². The third-order valence-electron chi connectivity index (χ3n) is 3.23. The van der Waals surface area contributed by atoms with E-state index in [1.165, 1.54) is 0 Å². The van der Waals surface area contributed by atoms with Crippen molar-refractivity contribution in [2.45, 2.75) is 19.4 Å². The zero-order chi connectivity index (χ0) is 18.1. The average Bonchev–Trinajstić information content (AvgIpc) is 3.45. The van der Waals surface area contributed by atoms with E-state index in [2.05, 4.69) is 11.7 Å². The van der Waals surface area contributed by atoms with Crippen molar-refractivity contribution < 1.29 is 78.6 Å². The molecular formula is C18H23KO6S. The van der Waals surface area contributed by atoms with Crippen LogP contribution in [0.5, 0.6) is 5.75 Å². The quantitative estimate of drug-likeness (QED) is 0.290. The second-order valence-corrected chi connectivity index (χ2v) is 7.25. The van der Waals surface area contributed by atoms with Gasteiger partial charge in [-0.1, -0.05) is 30.3 Å². The number of hydrogen-bond donors (Lipinski definition) is 0. The number of fused-ring (bicyclic) bond motifs is 1. The van der Waals surface area contributed by atoms with Crippen molar-refractivity contribution in [3.05, 3.63) is 42.5 Å². The molecule has 2 heterocycles. The third kappa shape index (κ3) is 12.4. The molecule has 2 aromatic rings. The van der Waals surface area contributed by atoms with E-state index < -0.39 is 10.1 Å². The number of benzene rings is 2. The maximum atomic E-state index is 10.4. The first kappa shape index (κ1) is 24.0. The van der Waals surface area contributed by atoms with E-state index in [-0.39, 0.29) is 70.2 Å². The summed E-state index contributed by atoms with van der Waals surface area (Å²) in [5, 5.41) is 2.18. The van der Waals surface area contributed by atoms with E-state index in [9.17, 15) is 13.0 Å². The fraction of sp³-hybridized carbons (Fsp3) is 0.444. The molecule has 4 rings (SSSR count). The zero-order valence-corrected chi connectivity index (χ0v) is 19.2. The fourth-order valence-electron chi connectivity index (χ4n) is 1.78. The van der Waals surface area contributed by atoms with Gasteiger partial charge in [0.15, 0.2) is 0 Å². The first-order chi connectivity index (χ1) is 11.9. The predicted octanol–water partition coefficient (Wildman–Crippen LogP) is -0.420. The second-order valence-electron chi connectivity index (χ2n) is 5.73. The standard InChI is InChI=1S/C13H14O4S.C3H6O.C2H4O.K/c14-18(15,16)9-3-8-17-13-7-6-11-4-1-2-5-12(11)10-13;1-3-2-4-3;1-2-3-1;/h1-2,4-7,10H,3,8-9H2,(H,14,15,16);3H,2H2,1H3;1-2H2;/q;;;+1/p-1. The number of ether oxygens (including phenoxy) is 3. The van der Waals surface area contributed by atoms with Gasteiger partial charge in [-0.2, -0.15) is 0 Å². The maximum absolute atomic E-state index is 10.4. The monoisotopic (exact) mass is 406 g/mol. The van der Waals surface area contributed by atoms with Crippen LogP contribution >= 0.6 is 0 Å². The molecule has 2 saturated heterocycles. The Morgan fingerprint density at radius 3 is 2.23 bits per heavy atom. The Morgan fingerprint density at radius 1 is 1.15 bits per heavy atom. The third-order valence-corrected chi connectivity index (χ3v) is 4.02. The zero-order valence-electron chi connectivity index (χ0n) is 15.2. The molecule has 0 aromatic heterocycles. The molecule has 1 unspecified atom stereocenters. The van der Waals surface area contributed by atoms with E-state index >= 15 is 0 Å². The van der Waals surface area contributed by atoms with Crippen molar-refractivity contribution in [1.82, 2.24) is 0 Å². The fourth-order valence-corrected chi connectivity index (χ4v) is 2.25. The first-order valence-corrected chi connectivity index (χ1v) is 9.76. The number of epoxide rings is 2. The predicted molar refractivity (Wildman–Crippen MR) is 94.9 cm³/mol. The summed E-state index contributed by atoms with van der Waals surface area (Å²) in [5.41, 5.74) is 0. The smallest absolute Gasteiger partial charge is 0.748 e. The van der Waals surface area contributed by atoms with Crippen LogP contribution < -0.4 is 56.1 Å². The van der Waals surface area contributed by atoms with E-state index in [0.29, 0.717) is 11.9 Å². The minimum atomic E-state index is -4.14. The Morgan fingerprint density at radius 2 is 1.73 bits per heavy atom. The van der Waals surface area contributed by atoms with Gasteiger partial charge in [-0.3, -0.25) is 0 Å². The summed E-state index contributed by atoms with van der Waals surface area (Å²) in [6.45, 7) is 5.26. The molecule has 0 radical (unpaired) electrons. The molecule has 2 aliphatic heterocycles. The van der Waals surface area contributed by atoms with Crippen LogP contribution in [0.25, 0.3) is 10.8 Å².